The normalized spacial score (nSPS) is 10.4. The first-order valence-corrected chi connectivity index (χ1v) is 5.63. The van der Waals surface area contributed by atoms with Gasteiger partial charge in [0.15, 0.2) is 11.9 Å². The predicted molar refractivity (Wildman–Crippen MR) is 64.8 cm³/mol. The maximum Gasteiger partial charge on any atom is 0.229 e. The molecule has 2 aromatic rings. The Kier molecular flexibility index (Phi) is 3.46. The zero-order valence-corrected chi connectivity index (χ0v) is 10.4. The molecule has 1 heterocycles. The van der Waals surface area contributed by atoms with Crippen molar-refractivity contribution in [3.8, 4) is 11.5 Å². The van der Waals surface area contributed by atoms with Crippen LogP contribution in [-0.2, 0) is 13.7 Å². The maximum absolute atomic E-state index is 12.7. The molecule has 4 heteroatoms. The highest BCUT2D eigenvalue weighted by molar-refractivity contribution is 5.38. The second kappa shape index (κ2) is 5.04. The molecular weight excluding hydrogens is 233 g/mol. The fraction of sp³-hybridized carbons (Fsp3) is 0.214. The molecule has 0 atom stereocenters. The van der Waals surface area contributed by atoms with Gasteiger partial charge < -0.3 is 9.84 Å². The predicted octanol–water partition coefficient (Wildman–Crippen LogP) is 2.24. The third-order valence-electron chi connectivity index (χ3n) is 2.84. The lowest BCUT2D eigenvalue weighted by molar-refractivity contribution is -0.678. The van der Waals surface area contributed by atoms with Crippen LogP contribution in [0.5, 0.6) is 11.5 Å². The van der Waals surface area contributed by atoms with Crippen molar-refractivity contribution in [3.05, 3.63) is 53.6 Å². The molecule has 0 aliphatic rings. The summed E-state index contributed by atoms with van der Waals surface area (Å²) in [5.41, 5.74) is 1.68. The number of hydrogen-bond donors (Lipinski definition) is 1. The smallest absolute Gasteiger partial charge is 0.229 e. The highest BCUT2D eigenvalue weighted by Crippen LogP contribution is 2.27. The molecule has 0 radical (unpaired) electrons. The van der Waals surface area contributed by atoms with Gasteiger partial charge in [0.2, 0.25) is 11.4 Å². The number of pyridine rings is 1. The van der Waals surface area contributed by atoms with Crippen LogP contribution < -0.4 is 9.30 Å². The Bertz CT molecular complexity index is 552. The first kappa shape index (κ1) is 12.4. The lowest BCUT2D eigenvalue weighted by atomic mass is 10.2. The average molecular weight is 248 g/mol. The fourth-order valence-electron chi connectivity index (χ4n) is 1.63. The van der Waals surface area contributed by atoms with E-state index >= 15 is 0 Å². The molecule has 94 valence electrons. The minimum atomic E-state index is -0.274. The number of rotatable bonds is 3. The van der Waals surface area contributed by atoms with Crippen molar-refractivity contribution in [3.63, 3.8) is 0 Å². The second-order valence-corrected chi connectivity index (χ2v) is 4.14. The maximum atomic E-state index is 12.7. The van der Waals surface area contributed by atoms with E-state index in [1.165, 1.54) is 12.1 Å². The third-order valence-corrected chi connectivity index (χ3v) is 2.84. The molecule has 0 fully saturated rings. The van der Waals surface area contributed by atoms with Crippen molar-refractivity contribution in [1.29, 1.82) is 0 Å². The van der Waals surface area contributed by atoms with Gasteiger partial charge in [0.1, 0.15) is 19.5 Å². The van der Waals surface area contributed by atoms with Crippen LogP contribution in [0.3, 0.4) is 0 Å². The molecule has 0 saturated heterocycles. The van der Waals surface area contributed by atoms with Crippen molar-refractivity contribution >= 4 is 0 Å². The van der Waals surface area contributed by atoms with E-state index in [4.69, 9.17) is 4.74 Å². The van der Waals surface area contributed by atoms with Crippen molar-refractivity contribution in [2.45, 2.75) is 13.5 Å². The van der Waals surface area contributed by atoms with Gasteiger partial charge in [-0.3, -0.25) is 0 Å². The summed E-state index contributed by atoms with van der Waals surface area (Å²) in [6, 6.07) is 7.66. The van der Waals surface area contributed by atoms with E-state index in [9.17, 15) is 9.50 Å². The Morgan fingerprint density at radius 2 is 1.89 bits per heavy atom. The summed E-state index contributed by atoms with van der Waals surface area (Å²) < 4.78 is 20.2. The van der Waals surface area contributed by atoms with E-state index in [0.29, 0.717) is 12.4 Å². The largest absolute Gasteiger partial charge is 0.504 e. The van der Waals surface area contributed by atoms with Gasteiger partial charge in [-0.25, -0.2) is 8.96 Å². The highest BCUT2D eigenvalue weighted by Gasteiger charge is 2.14. The van der Waals surface area contributed by atoms with Gasteiger partial charge in [-0.1, -0.05) is 12.1 Å². The summed E-state index contributed by atoms with van der Waals surface area (Å²) in [6.45, 7) is 2.15. The van der Waals surface area contributed by atoms with Crippen molar-refractivity contribution in [2.24, 2.45) is 7.05 Å². The van der Waals surface area contributed by atoms with Crippen molar-refractivity contribution < 1.29 is 18.8 Å². The molecule has 0 saturated carbocycles. The van der Waals surface area contributed by atoms with Crippen LogP contribution in [-0.4, -0.2) is 5.11 Å². The number of halogens is 1. The van der Waals surface area contributed by atoms with Gasteiger partial charge in [0.25, 0.3) is 0 Å². The summed E-state index contributed by atoms with van der Waals surface area (Å²) in [7, 11) is 1.87. The van der Waals surface area contributed by atoms with Gasteiger partial charge in [-0.2, -0.15) is 0 Å². The second-order valence-electron chi connectivity index (χ2n) is 4.14. The van der Waals surface area contributed by atoms with Gasteiger partial charge in [-0.05, 0) is 17.7 Å². The number of aryl methyl sites for hydroxylation is 1. The average Bonchev–Trinajstić information content (AvgIpc) is 2.36. The Labute approximate surface area is 105 Å². The molecule has 0 bridgehead atoms. The van der Waals surface area contributed by atoms with Crippen LogP contribution in [0.1, 0.15) is 11.3 Å². The van der Waals surface area contributed by atoms with E-state index in [0.717, 1.165) is 11.3 Å². The zero-order chi connectivity index (χ0) is 13.1. The Morgan fingerprint density at radius 3 is 2.56 bits per heavy atom. The molecule has 3 nitrogen and oxygen atoms in total. The number of aromatic nitrogens is 1. The number of ether oxygens (including phenoxy) is 1. The topological polar surface area (TPSA) is 33.3 Å². The molecule has 1 aromatic carbocycles. The lowest BCUT2D eigenvalue weighted by Gasteiger charge is -2.09. The monoisotopic (exact) mass is 248 g/mol. The summed E-state index contributed by atoms with van der Waals surface area (Å²) in [6.07, 6.45) is 1.76. The van der Waals surface area contributed by atoms with E-state index in [-0.39, 0.29) is 11.6 Å². The van der Waals surface area contributed by atoms with E-state index < -0.39 is 0 Å². The first-order valence-electron chi connectivity index (χ1n) is 5.63. The summed E-state index contributed by atoms with van der Waals surface area (Å²) >= 11 is 0. The van der Waals surface area contributed by atoms with Crippen LogP contribution in [0.15, 0.2) is 36.5 Å². The Hall–Kier alpha value is -2.10. The molecule has 1 aromatic heterocycles. The van der Waals surface area contributed by atoms with Crippen LogP contribution in [0, 0.1) is 12.7 Å². The molecule has 0 aliphatic heterocycles. The summed E-state index contributed by atoms with van der Waals surface area (Å²) in [5, 5.41) is 9.74. The molecular formula is C14H15FNO2+. The molecule has 0 unspecified atom stereocenters. The standard InChI is InChI=1S/C14H14FNO2/c1-10-14(13(17)7-8-16(10)2)18-9-11-3-5-12(15)6-4-11/h3-8H,9H2,1-2H3/p+1. The third kappa shape index (κ3) is 2.59. The van der Waals surface area contributed by atoms with E-state index in [2.05, 4.69) is 0 Å². The summed E-state index contributed by atoms with van der Waals surface area (Å²) in [4.78, 5) is 0. The van der Waals surface area contributed by atoms with Crippen molar-refractivity contribution in [2.75, 3.05) is 0 Å². The number of hydrogen-bond acceptors (Lipinski definition) is 2. The molecule has 2 rings (SSSR count). The molecule has 0 amide bonds. The Balaban J connectivity index is 2.15. The van der Waals surface area contributed by atoms with Crippen molar-refractivity contribution in [1.82, 2.24) is 0 Å². The van der Waals surface area contributed by atoms with Gasteiger partial charge in [0, 0.05) is 13.0 Å². The SMILES string of the molecule is Cc1c(OCc2ccc(F)cc2)c(O)cc[n+]1C. The zero-order valence-electron chi connectivity index (χ0n) is 10.4. The fourth-order valence-corrected chi connectivity index (χ4v) is 1.63. The quantitative estimate of drug-likeness (QED) is 0.845. The van der Waals surface area contributed by atoms with Crippen LogP contribution in [0.4, 0.5) is 4.39 Å². The van der Waals surface area contributed by atoms with E-state index in [1.807, 2.05) is 18.5 Å². The van der Waals surface area contributed by atoms with Gasteiger partial charge in [0.05, 0.1) is 0 Å². The van der Waals surface area contributed by atoms with Crippen LogP contribution in [0.2, 0.25) is 0 Å². The molecule has 0 aliphatic carbocycles. The highest BCUT2D eigenvalue weighted by atomic mass is 19.1. The number of nitrogens with zero attached hydrogens (tertiary/aromatic N) is 1. The first-order chi connectivity index (χ1) is 8.58. The minimum absolute atomic E-state index is 0.104. The lowest BCUT2D eigenvalue weighted by Crippen LogP contribution is -2.31. The summed E-state index contributed by atoms with van der Waals surface area (Å²) in [5.74, 6) is 0.279. The molecule has 1 N–H and O–H groups in total. The van der Waals surface area contributed by atoms with Crippen LogP contribution in [0.25, 0.3) is 0 Å². The molecule has 18 heavy (non-hydrogen) atoms. The van der Waals surface area contributed by atoms with Gasteiger partial charge >= 0.3 is 0 Å². The van der Waals surface area contributed by atoms with Gasteiger partial charge in [-0.15, -0.1) is 0 Å². The van der Waals surface area contributed by atoms with E-state index in [1.54, 1.807) is 24.4 Å². The Morgan fingerprint density at radius 1 is 1.22 bits per heavy atom. The number of benzene rings is 1. The minimum Gasteiger partial charge on any atom is -0.504 e. The number of aromatic hydroxyl groups is 1. The molecule has 0 spiro atoms. The van der Waals surface area contributed by atoms with Crippen LogP contribution >= 0.6 is 0 Å².